The second-order valence-corrected chi connectivity index (χ2v) is 8.18. The van der Waals surface area contributed by atoms with Gasteiger partial charge in [0.2, 0.25) is 10.0 Å². The van der Waals surface area contributed by atoms with Crippen molar-refractivity contribution in [2.45, 2.75) is 50.5 Å². The minimum absolute atomic E-state index is 0.0111. The number of hydrogen-bond donors (Lipinski definition) is 2. The Hall–Kier alpha value is -0.910. The SMILES string of the molecule is CC(C)(O)CNS(=O)(=O)c1ccc(C(C)(C)C)cc1. The fraction of sp³-hybridized carbons (Fsp3) is 0.571. The fourth-order valence-corrected chi connectivity index (χ4v) is 2.69. The number of nitrogens with one attached hydrogen (secondary N) is 1. The van der Waals surface area contributed by atoms with Gasteiger partial charge in [-0.05, 0) is 37.0 Å². The Balaban J connectivity index is 2.92. The molecule has 1 rings (SSSR count). The molecule has 108 valence electrons. The lowest BCUT2D eigenvalue weighted by Crippen LogP contribution is -2.38. The topological polar surface area (TPSA) is 66.4 Å². The molecule has 0 amide bonds. The summed E-state index contributed by atoms with van der Waals surface area (Å²) in [5.74, 6) is 0. The average Bonchev–Trinajstić information content (AvgIpc) is 2.25. The van der Waals surface area contributed by atoms with Crippen LogP contribution in [0.1, 0.15) is 40.2 Å². The van der Waals surface area contributed by atoms with E-state index in [2.05, 4.69) is 25.5 Å². The first-order chi connectivity index (χ1) is 8.42. The standard InChI is InChI=1S/C14H23NO3S/c1-13(2,3)11-6-8-12(9-7-11)19(17,18)15-10-14(4,5)16/h6-9,15-16H,10H2,1-5H3. The van der Waals surface area contributed by atoms with Gasteiger partial charge in [-0.1, -0.05) is 32.9 Å². The fourth-order valence-electron chi connectivity index (χ4n) is 1.49. The number of benzene rings is 1. The van der Waals surface area contributed by atoms with Crippen LogP contribution in [0.2, 0.25) is 0 Å². The summed E-state index contributed by atoms with van der Waals surface area (Å²) >= 11 is 0. The molecule has 0 unspecified atom stereocenters. The van der Waals surface area contributed by atoms with E-state index in [-0.39, 0.29) is 16.9 Å². The molecule has 0 bridgehead atoms. The predicted octanol–water partition coefficient (Wildman–Crippen LogP) is 2.03. The maximum absolute atomic E-state index is 12.0. The first-order valence-corrected chi connectivity index (χ1v) is 7.73. The molecule has 0 saturated carbocycles. The van der Waals surface area contributed by atoms with Crippen LogP contribution in [0.15, 0.2) is 29.2 Å². The molecule has 0 atom stereocenters. The van der Waals surface area contributed by atoms with Gasteiger partial charge in [-0.3, -0.25) is 0 Å². The van der Waals surface area contributed by atoms with Gasteiger partial charge in [0.05, 0.1) is 10.5 Å². The summed E-state index contributed by atoms with van der Waals surface area (Å²) in [4.78, 5) is 0.213. The number of sulfonamides is 1. The van der Waals surface area contributed by atoms with Gasteiger partial charge in [0.15, 0.2) is 0 Å². The van der Waals surface area contributed by atoms with E-state index in [1.807, 2.05) is 12.1 Å². The van der Waals surface area contributed by atoms with Crippen LogP contribution in [0.4, 0.5) is 0 Å². The summed E-state index contributed by atoms with van der Waals surface area (Å²) in [5.41, 5.74) is -0.00439. The van der Waals surface area contributed by atoms with Gasteiger partial charge in [-0.25, -0.2) is 13.1 Å². The number of hydrogen-bond acceptors (Lipinski definition) is 3. The maximum atomic E-state index is 12.0. The van der Waals surface area contributed by atoms with E-state index < -0.39 is 15.6 Å². The van der Waals surface area contributed by atoms with Crippen LogP contribution in [0.3, 0.4) is 0 Å². The molecule has 0 radical (unpaired) electrons. The number of rotatable bonds is 4. The summed E-state index contributed by atoms with van der Waals surface area (Å²) < 4.78 is 26.4. The van der Waals surface area contributed by atoms with Crippen LogP contribution in [-0.2, 0) is 15.4 Å². The van der Waals surface area contributed by atoms with Crippen molar-refractivity contribution in [3.63, 3.8) is 0 Å². The summed E-state index contributed by atoms with van der Waals surface area (Å²) in [6.45, 7) is 9.31. The zero-order valence-electron chi connectivity index (χ0n) is 12.2. The Bertz CT molecular complexity index is 519. The minimum Gasteiger partial charge on any atom is -0.389 e. The molecule has 0 heterocycles. The maximum Gasteiger partial charge on any atom is 0.240 e. The van der Waals surface area contributed by atoms with Gasteiger partial charge in [-0.2, -0.15) is 0 Å². The van der Waals surface area contributed by atoms with Crippen molar-refractivity contribution in [1.82, 2.24) is 4.72 Å². The van der Waals surface area contributed by atoms with Crippen LogP contribution in [0.25, 0.3) is 0 Å². The summed E-state index contributed by atoms with van der Waals surface area (Å²) in [6, 6.07) is 6.82. The molecule has 0 aliphatic heterocycles. The van der Waals surface area contributed by atoms with Crippen molar-refractivity contribution < 1.29 is 13.5 Å². The van der Waals surface area contributed by atoms with Crippen LogP contribution < -0.4 is 4.72 Å². The molecule has 0 aliphatic carbocycles. The molecule has 0 fully saturated rings. The van der Waals surface area contributed by atoms with Crippen molar-refractivity contribution in [3.8, 4) is 0 Å². The Morgan fingerprint density at radius 1 is 1.05 bits per heavy atom. The molecule has 19 heavy (non-hydrogen) atoms. The molecule has 0 spiro atoms. The van der Waals surface area contributed by atoms with E-state index in [0.717, 1.165) is 5.56 Å². The van der Waals surface area contributed by atoms with Crippen molar-refractivity contribution in [2.24, 2.45) is 0 Å². The zero-order valence-corrected chi connectivity index (χ0v) is 13.0. The Morgan fingerprint density at radius 2 is 1.53 bits per heavy atom. The van der Waals surface area contributed by atoms with Crippen LogP contribution in [0, 0.1) is 0 Å². The minimum atomic E-state index is -3.57. The first kappa shape index (κ1) is 16.1. The number of aliphatic hydroxyl groups is 1. The van der Waals surface area contributed by atoms with Gasteiger partial charge in [0.1, 0.15) is 0 Å². The molecule has 5 heteroatoms. The largest absolute Gasteiger partial charge is 0.389 e. The molecule has 0 saturated heterocycles. The lowest BCUT2D eigenvalue weighted by Gasteiger charge is -2.20. The molecular formula is C14H23NO3S. The Morgan fingerprint density at radius 3 is 1.89 bits per heavy atom. The van der Waals surface area contributed by atoms with Crippen molar-refractivity contribution in [3.05, 3.63) is 29.8 Å². The van der Waals surface area contributed by atoms with Gasteiger partial charge < -0.3 is 5.11 Å². The van der Waals surface area contributed by atoms with E-state index >= 15 is 0 Å². The molecule has 0 aromatic heterocycles. The molecule has 2 N–H and O–H groups in total. The van der Waals surface area contributed by atoms with E-state index in [9.17, 15) is 13.5 Å². The van der Waals surface area contributed by atoms with Crippen LogP contribution in [-0.4, -0.2) is 25.7 Å². The molecular weight excluding hydrogens is 262 g/mol. The third-order valence-electron chi connectivity index (χ3n) is 2.73. The van der Waals surface area contributed by atoms with Gasteiger partial charge in [-0.15, -0.1) is 0 Å². The monoisotopic (exact) mass is 285 g/mol. The second-order valence-electron chi connectivity index (χ2n) is 6.41. The molecule has 0 aliphatic rings. The average molecular weight is 285 g/mol. The van der Waals surface area contributed by atoms with E-state index in [0.29, 0.717) is 0 Å². The third kappa shape index (κ3) is 4.93. The normalized spacial score (nSPS) is 13.6. The van der Waals surface area contributed by atoms with E-state index in [4.69, 9.17) is 0 Å². The summed E-state index contributed by atoms with van der Waals surface area (Å²) in [7, 11) is -3.57. The van der Waals surface area contributed by atoms with Crippen LogP contribution in [0.5, 0.6) is 0 Å². The highest BCUT2D eigenvalue weighted by Gasteiger charge is 2.20. The summed E-state index contributed by atoms with van der Waals surface area (Å²) in [5, 5.41) is 9.55. The van der Waals surface area contributed by atoms with Gasteiger partial charge >= 0.3 is 0 Å². The van der Waals surface area contributed by atoms with Crippen molar-refractivity contribution >= 4 is 10.0 Å². The molecule has 4 nitrogen and oxygen atoms in total. The molecule has 1 aromatic carbocycles. The lowest BCUT2D eigenvalue weighted by atomic mass is 9.87. The van der Waals surface area contributed by atoms with Gasteiger partial charge in [0, 0.05) is 6.54 Å². The lowest BCUT2D eigenvalue weighted by molar-refractivity contribution is 0.0857. The Kier molecular flexibility index (Phi) is 4.44. The molecule has 1 aromatic rings. The van der Waals surface area contributed by atoms with Crippen LogP contribution >= 0.6 is 0 Å². The predicted molar refractivity (Wildman–Crippen MR) is 76.6 cm³/mol. The zero-order chi connectivity index (χ0) is 14.9. The van der Waals surface area contributed by atoms with Crippen molar-refractivity contribution in [1.29, 1.82) is 0 Å². The van der Waals surface area contributed by atoms with Gasteiger partial charge in [0.25, 0.3) is 0 Å². The highest BCUT2D eigenvalue weighted by atomic mass is 32.2. The Labute approximate surface area is 115 Å². The summed E-state index contributed by atoms with van der Waals surface area (Å²) in [6.07, 6.45) is 0. The second kappa shape index (κ2) is 5.23. The van der Waals surface area contributed by atoms with Crippen molar-refractivity contribution in [2.75, 3.05) is 6.54 Å². The highest BCUT2D eigenvalue weighted by Crippen LogP contribution is 2.23. The third-order valence-corrected chi connectivity index (χ3v) is 4.14. The first-order valence-electron chi connectivity index (χ1n) is 6.24. The van der Waals surface area contributed by atoms with E-state index in [1.165, 1.54) is 0 Å². The smallest absolute Gasteiger partial charge is 0.240 e. The highest BCUT2D eigenvalue weighted by molar-refractivity contribution is 7.89. The quantitative estimate of drug-likeness (QED) is 0.889. The van der Waals surface area contributed by atoms with E-state index in [1.54, 1.807) is 26.0 Å².